The Labute approximate surface area is 239 Å². The first-order valence-electron chi connectivity index (χ1n) is 15.1. The van der Waals surface area contributed by atoms with Crippen molar-refractivity contribution in [1.29, 1.82) is 0 Å². The molecule has 1 N–H and O–H groups in total. The van der Waals surface area contributed by atoms with E-state index >= 15 is 0 Å². The lowest BCUT2D eigenvalue weighted by molar-refractivity contribution is -0.126. The highest BCUT2D eigenvalue weighted by Crippen LogP contribution is 2.29. The topological polar surface area (TPSA) is 61.6 Å². The monoisotopic (exact) mass is 540 g/mol. The molecule has 2 fully saturated rings. The van der Waals surface area contributed by atoms with E-state index in [0.717, 1.165) is 79.8 Å². The molecule has 212 valence electrons. The van der Waals surface area contributed by atoms with Crippen LogP contribution >= 0.6 is 0 Å². The Morgan fingerprint density at radius 1 is 0.925 bits per heavy atom. The molecule has 0 aliphatic carbocycles. The van der Waals surface area contributed by atoms with Gasteiger partial charge in [0.25, 0.3) is 0 Å². The predicted octanol–water partition coefficient (Wildman–Crippen LogP) is 6.44. The highest BCUT2D eigenvalue weighted by atomic mass is 16.4. The molecule has 2 saturated heterocycles. The lowest BCUT2D eigenvalue weighted by Gasteiger charge is -2.31. The maximum atomic E-state index is 12.8. The van der Waals surface area contributed by atoms with Crippen LogP contribution in [0.15, 0.2) is 65.1 Å². The van der Waals surface area contributed by atoms with E-state index in [4.69, 9.17) is 9.40 Å². The number of fused-ring (bicyclic) bond motifs is 1. The number of rotatable bonds is 8. The van der Waals surface area contributed by atoms with Crippen LogP contribution in [0.2, 0.25) is 0 Å². The zero-order valence-electron chi connectivity index (χ0n) is 24.2. The molecule has 0 spiro atoms. The summed E-state index contributed by atoms with van der Waals surface area (Å²) in [4.78, 5) is 22.7. The summed E-state index contributed by atoms with van der Waals surface area (Å²) in [6, 6.07) is 20.9. The van der Waals surface area contributed by atoms with Crippen LogP contribution in [0, 0.1) is 19.8 Å². The van der Waals surface area contributed by atoms with Crippen LogP contribution in [0.4, 0.5) is 0 Å². The Morgan fingerprint density at radius 3 is 2.50 bits per heavy atom. The first-order valence-corrected chi connectivity index (χ1v) is 15.1. The van der Waals surface area contributed by atoms with Gasteiger partial charge in [0.05, 0.1) is 5.69 Å². The fourth-order valence-electron chi connectivity index (χ4n) is 5.96. The third kappa shape index (κ3) is 7.49. The maximum Gasteiger partial charge on any atom is 0.227 e. The van der Waals surface area contributed by atoms with Gasteiger partial charge >= 0.3 is 0 Å². The van der Waals surface area contributed by atoms with E-state index in [2.05, 4.69) is 70.6 Å². The molecule has 0 radical (unpaired) electrons. The lowest BCUT2D eigenvalue weighted by atomic mass is 9.95. The van der Waals surface area contributed by atoms with Crippen LogP contribution in [0.5, 0.6) is 0 Å². The molecule has 40 heavy (non-hydrogen) atoms. The first kappa shape index (κ1) is 28.3. The Morgan fingerprint density at radius 2 is 1.68 bits per heavy atom. The van der Waals surface area contributed by atoms with Gasteiger partial charge in [-0.25, -0.2) is 4.98 Å². The second-order valence-corrected chi connectivity index (χ2v) is 11.4. The zero-order valence-corrected chi connectivity index (χ0v) is 24.2. The third-order valence-electron chi connectivity index (χ3n) is 8.33. The molecule has 1 aromatic heterocycles. The Balaban J connectivity index is 1.19. The average molecular weight is 541 g/mol. The van der Waals surface area contributed by atoms with Gasteiger partial charge in [0.2, 0.25) is 11.8 Å². The normalized spacial score (nSPS) is 17.1. The zero-order chi connectivity index (χ0) is 27.7. The van der Waals surface area contributed by atoms with Gasteiger partial charge in [-0.05, 0) is 95.5 Å². The highest BCUT2D eigenvalue weighted by Gasteiger charge is 2.26. The summed E-state index contributed by atoms with van der Waals surface area (Å²) in [7, 11) is 0. The molecule has 2 aromatic carbocycles. The number of nitrogens with zero attached hydrogens (tertiary/aromatic N) is 3. The molecular formula is C34H44N4O2. The molecule has 2 aliphatic rings. The largest absolute Gasteiger partial charge is 0.441 e. The minimum Gasteiger partial charge on any atom is -0.441 e. The lowest BCUT2D eigenvalue weighted by Crippen LogP contribution is -2.41. The predicted molar refractivity (Wildman–Crippen MR) is 162 cm³/mol. The number of benzene rings is 1. The van der Waals surface area contributed by atoms with Gasteiger partial charge in [-0.3, -0.25) is 9.69 Å². The number of hydrogen-bond acceptors (Lipinski definition) is 5. The summed E-state index contributed by atoms with van der Waals surface area (Å²) in [5.74, 6) is 1.85. The number of hydrogen-bond donors (Lipinski definition) is 1. The van der Waals surface area contributed by atoms with Crippen LogP contribution in [0.1, 0.15) is 55.5 Å². The number of aryl methyl sites for hydroxylation is 2. The summed E-state index contributed by atoms with van der Waals surface area (Å²) in [6.07, 6.45) is 6.83. The standard InChI is InChI=1S/C34H44N4O2/c1-26-12-5-3-6-15-31(30-14-8-7-13-29(30)24-26)34-36-32(27(2)40-34)25-38-22-16-28(17-23-38)33(39)35-18-11-21-37-19-9-4-10-20-37/h3,5-8,12-15,24,28H,4,9-11,16-23,25H2,1-2H3,(H,35,39). The van der Waals surface area contributed by atoms with Crippen molar-refractivity contribution >= 4 is 16.7 Å². The fraction of sp³-hybridized carbons (Fsp3) is 0.471. The Hall–Kier alpha value is -3.22. The number of oxazole rings is 1. The van der Waals surface area contributed by atoms with E-state index in [9.17, 15) is 4.79 Å². The minimum atomic E-state index is 0.113. The summed E-state index contributed by atoms with van der Waals surface area (Å²) < 4.78 is 6.26. The Bertz CT molecular complexity index is 1330. The van der Waals surface area contributed by atoms with Crippen LogP contribution in [-0.2, 0) is 11.3 Å². The second kappa shape index (κ2) is 13.9. The molecule has 3 heterocycles. The number of aromatic nitrogens is 1. The minimum absolute atomic E-state index is 0.113. The molecule has 2 aliphatic heterocycles. The van der Waals surface area contributed by atoms with Crippen LogP contribution in [0.25, 0.3) is 22.2 Å². The Kier molecular flexibility index (Phi) is 9.85. The number of amides is 1. The van der Waals surface area contributed by atoms with Crippen molar-refractivity contribution in [3.8, 4) is 11.5 Å². The molecule has 0 atom stereocenters. The van der Waals surface area contributed by atoms with Gasteiger partial charge in [0.1, 0.15) is 5.76 Å². The maximum absolute atomic E-state index is 12.8. The number of carbonyl (C=O) groups excluding carboxylic acids is 1. The van der Waals surface area contributed by atoms with Crippen molar-refractivity contribution < 1.29 is 9.21 Å². The van der Waals surface area contributed by atoms with Crippen molar-refractivity contribution in [3.63, 3.8) is 0 Å². The summed E-state index contributed by atoms with van der Waals surface area (Å²) in [5, 5.41) is 5.46. The molecule has 0 saturated carbocycles. The van der Waals surface area contributed by atoms with E-state index in [0.29, 0.717) is 5.89 Å². The highest BCUT2D eigenvalue weighted by molar-refractivity contribution is 5.93. The van der Waals surface area contributed by atoms with E-state index in [-0.39, 0.29) is 11.8 Å². The van der Waals surface area contributed by atoms with Crippen molar-refractivity contribution in [2.45, 2.75) is 58.9 Å². The van der Waals surface area contributed by atoms with Gasteiger partial charge in [-0.2, -0.15) is 0 Å². The molecule has 1 amide bonds. The number of piperidine rings is 2. The first-order chi connectivity index (χ1) is 19.6. The van der Waals surface area contributed by atoms with Crippen molar-refractivity contribution in [2.24, 2.45) is 5.92 Å². The van der Waals surface area contributed by atoms with Gasteiger partial charge in [-0.1, -0.05) is 66.6 Å². The van der Waals surface area contributed by atoms with Crippen LogP contribution < -0.4 is 5.32 Å². The van der Waals surface area contributed by atoms with Crippen molar-refractivity contribution in [3.05, 3.63) is 77.7 Å². The third-order valence-corrected chi connectivity index (χ3v) is 8.33. The quantitative estimate of drug-likeness (QED) is 0.333. The molecular weight excluding hydrogens is 496 g/mol. The fourth-order valence-corrected chi connectivity index (χ4v) is 5.96. The van der Waals surface area contributed by atoms with E-state index < -0.39 is 0 Å². The summed E-state index contributed by atoms with van der Waals surface area (Å²) in [5.41, 5.74) is 3.15. The van der Waals surface area contributed by atoms with Crippen molar-refractivity contribution in [2.75, 3.05) is 39.3 Å². The number of likely N-dealkylation sites (tertiary alicyclic amines) is 2. The summed E-state index contributed by atoms with van der Waals surface area (Å²) in [6.45, 7) is 11.0. The van der Waals surface area contributed by atoms with Gasteiger partial charge in [0.15, 0.2) is 0 Å². The van der Waals surface area contributed by atoms with Gasteiger partial charge < -0.3 is 14.6 Å². The SMILES string of the molecule is Cc1cccccc(-c2nc(CN3CCC(C(=O)NCCCN4CCCCC4)CC3)c(C)o2)c2ccccc2c1. The van der Waals surface area contributed by atoms with Crippen molar-refractivity contribution in [1.82, 2.24) is 20.1 Å². The number of carbonyl (C=O) groups is 1. The molecule has 3 aromatic rings. The molecule has 6 nitrogen and oxygen atoms in total. The van der Waals surface area contributed by atoms with Crippen LogP contribution in [-0.4, -0.2) is 60.0 Å². The number of nitrogens with one attached hydrogen (secondary N) is 1. The second-order valence-electron chi connectivity index (χ2n) is 11.4. The molecule has 0 unspecified atom stereocenters. The average Bonchev–Trinajstić information content (AvgIpc) is 3.33. The summed E-state index contributed by atoms with van der Waals surface area (Å²) >= 11 is 0. The molecule has 5 rings (SSSR count). The van der Waals surface area contributed by atoms with Gasteiger partial charge in [-0.15, -0.1) is 0 Å². The smallest absolute Gasteiger partial charge is 0.227 e. The van der Waals surface area contributed by atoms with E-state index in [1.165, 1.54) is 37.9 Å². The van der Waals surface area contributed by atoms with E-state index in [1.54, 1.807) is 0 Å². The van der Waals surface area contributed by atoms with Gasteiger partial charge in [0, 0.05) is 24.6 Å². The van der Waals surface area contributed by atoms with E-state index in [1.807, 2.05) is 19.1 Å². The molecule has 6 heteroatoms. The van der Waals surface area contributed by atoms with Crippen LogP contribution in [0.3, 0.4) is 0 Å². The molecule has 0 bridgehead atoms.